The molecule has 20 heavy (non-hydrogen) atoms. The predicted octanol–water partition coefficient (Wildman–Crippen LogP) is 2.25. The highest BCUT2D eigenvalue weighted by molar-refractivity contribution is 9.10. The first-order valence-corrected chi connectivity index (χ1v) is 6.82. The molecule has 3 N–H and O–H groups in total. The minimum absolute atomic E-state index is 0.125. The number of ether oxygens (including phenoxy) is 2. The van der Waals surface area contributed by atoms with Gasteiger partial charge in [-0.05, 0) is 34.1 Å². The molecule has 5 nitrogen and oxygen atoms in total. The first kappa shape index (κ1) is 14.6. The highest BCUT2D eigenvalue weighted by Gasteiger charge is 2.07. The van der Waals surface area contributed by atoms with Crippen LogP contribution < -0.4 is 15.2 Å². The molecule has 1 atom stereocenters. The van der Waals surface area contributed by atoms with Gasteiger partial charge in [0.15, 0.2) is 0 Å². The maximum Gasteiger partial charge on any atom is 0.138 e. The molecule has 1 aromatic heterocycles. The lowest BCUT2D eigenvalue weighted by atomic mass is 10.3. The van der Waals surface area contributed by atoms with Gasteiger partial charge in [0.2, 0.25) is 0 Å². The SMILES string of the molecule is Nc1cccc(OCC(O)COc2cncc(Br)c2)c1. The smallest absolute Gasteiger partial charge is 0.138 e. The number of halogens is 1. The topological polar surface area (TPSA) is 77.6 Å². The first-order chi connectivity index (χ1) is 9.63. The molecule has 1 aromatic carbocycles. The van der Waals surface area contributed by atoms with Crippen molar-refractivity contribution in [3.63, 3.8) is 0 Å². The second kappa shape index (κ2) is 7.12. The summed E-state index contributed by atoms with van der Waals surface area (Å²) >= 11 is 3.30. The molecule has 0 aliphatic heterocycles. The Hall–Kier alpha value is -1.79. The van der Waals surface area contributed by atoms with Crippen LogP contribution in [0.5, 0.6) is 11.5 Å². The zero-order chi connectivity index (χ0) is 14.4. The summed E-state index contributed by atoms with van der Waals surface area (Å²) in [4.78, 5) is 3.97. The molecule has 0 saturated carbocycles. The van der Waals surface area contributed by atoms with Crippen molar-refractivity contribution in [3.8, 4) is 11.5 Å². The molecule has 0 bridgehead atoms. The van der Waals surface area contributed by atoms with Crippen molar-refractivity contribution in [3.05, 3.63) is 47.2 Å². The van der Waals surface area contributed by atoms with Gasteiger partial charge in [0, 0.05) is 22.4 Å². The molecule has 0 spiro atoms. The van der Waals surface area contributed by atoms with Gasteiger partial charge in [-0.15, -0.1) is 0 Å². The fourth-order valence-corrected chi connectivity index (χ4v) is 1.85. The van der Waals surface area contributed by atoms with E-state index >= 15 is 0 Å². The van der Waals surface area contributed by atoms with E-state index in [-0.39, 0.29) is 13.2 Å². The van der Waals surface area contributed by atoms with Gasteiger partial charge < -0.3 is 20.3 Å². The van der Waals surface area contributed by atoms with Crippen molar-refractivity contribution in [1.29, 1.82) is 0 Å². The van der Waals surface area contributed by atoms with Gasteiger partial charge in [0.25, 0.3) is 0 Å². The zero-order valence-electron chi connectivity index (χ0n) is 10.7. The molecule has 0 fully saturated rings. The maximum absolute atomic E-state index is 9.80. The number of anilines is 1. The summed E-state index contributed by atoms with van der Waals surface area (Å²) in [6.07, 6.45) is 2.50. The van der Waals surface area contributed by atoms with Gasteiger partial charge >= 0.3 is 0 Å². The number of hydrogen-bond donors (Lipinski definition) is 2. The van der Waals surface area contributed by atoms with Crippen molar-refractivity contribution in [2.75, 3.05) is 18.9 Å². The fraction of sp³-hybridized carbons (Fsp3) is 0.214. The molecule has 0 aliphatic carbocycles. The number of benzene rings is 1. The van der Waals surface area contributed by atoms with Crippen molar-refractivity contribution in [2.45, 2.75) is 6.10 Å². The molecule has 2 aromatic rings. The summed E-state index contributed by atoms with van der Waals surface area (Å²) < 4.78 is 11.7. The molecule has 0 aliphatic rings. The summed E-state index contributed by atoms with van der Waals surface area (Å²) in [6.45, 7) is 0.255. The van der Waals surface area contributed by atoms with Crippen molar-refractivity contribution in [2.24, 2.45) is 0 Å². The number of aliphatic hydroxyl groups excluding tert-OH is 1. The van der Waals surface area contributed by atoms with Crippen molar-refractivity contribution in [1.82, 2.24) is 4.98 Å². The van der Waals surface area contributed by atoms with Crippen LogP contribution in [0.2, 0.25) is 0 Å². The normalized spacial score (nSPS) is 11.9. The van der Waals surface area contributed by atoms with Crippen LogP contribution in [0.15, 0.2) is 47.2 Å². The van der Waals surface area contributed by atoms with Gasteiger partial charge in [-0.3, -0.25) is 4.98 Å². The van der Waals surface area contributed by atoms with Gasteiger partial charge in [-0.2, -0.15) is 0 Å². The minimum atomic E-state index is -0.740. The third-order valence-corrected chi connectivity index (χ3v) is 2.86. The van der Waals surface area contributed by atoms with Gasteiger partial charge in [0.05, 0.1) is 6.20 Å². The Morgan fingerprint density at radius 2 is 1.90 bits per heavy atom. The van der Waals surface area contributed by atoms with Crippen LogP contribution in [0, 0.1) is 0 Å². The molecule has 0 saturated heterocycles. The second-order valence-electron chi connectivity index (χ2n) is 4.19. The second-order valence-corrected chi connectivity index (χ2v) is 5.10. The molecular formula is C14H15BrN2O3. The summed E-state index contributed by atoms with van der Waals surface area (Å²) in [5, 5.41) is 9.80. The van der Waals surface area contributed by atoms with Crippen LogP contribution >= 0.6 is 15.9 Å². The van der Waals surface area contributed by atoms with Crippen LogP contribution in [-0.4, -0.2) is 29.4 Å². The van der Waals surface area contributed by atoms with Crippen LogP contribution in [-0.2, 0) is 0 Å². The van der Waals surface area contributed by atoms with Crippen LogP contribution in [0.1, 0.15) is 0 Å². The van der Waals surface area contributed by atoms with Crippen molar-refractivity contribution < 1.29 is 14.6 Å². The van der Waals surface area contributed by atoms with Crippen LogP contribution in [0.25, 0.3) is 0 Å². The first-order valence-electron chi connectivity index (χ1n) is 6.03. The standard InChI is InChI=1S/C14H15BrN2O3/c15-10-4-14(7-17-6-10)20-9-12(18)8-19-13-3-1-2-11(16)5-13/h1-7,12,18H,8-9,16H2. The van der Waals surface area contributed by atoms with Crippen LogP contribution in [0.4, 0.5) is 5.69 Å². The number of pyridine rings is 1. The van der Waals surface area contributed by atoms with E-state index in [2.05, 4.69) is 20.9 Å². The maximum atomic E-state index is 9.80. The lowest BCUT2D eigenvalue weighted by Crippen LogP contribution is -2.25. The molecule has 106 valence electrons. The Kier molecular flexibility index (Phi) is 5.20. The predicted molar refractivity (Wildman–Crippen MR) is 79.8 cm³/mol. The molecule has 0 radical (unpaired) electrons. The molecular weight excluding hydrogens is 324 g/mol. The lowest BCUT2D eigenvalue weighted by Gasteiger charge is -2.13. The van der Waals surface area contributed by atoms with E-state index in [1.54, 1.807) is 42.7 Å². The van der Waals surface area contributed by atoms with Crippen molar-refractivity contribution >= 4 is 21.6 Å². The largest absolute Gasteiger partial charge is 0.491 e. The van der Waals surface area contributed by atoms with E-state index in [1.807, 2.05) is 0 Å². The number of rotatable bonds is 6. The van der Waals surface area contributed by atoms with E-state index in [0.717, 1.165) is 4.47 Å². The molecule has 1 unspecified atom stereocenters. The van der Waals surface area contributed by atoms with E-state index in [1.165, 1.54) is 0 Å². The number of nitrogens with two attached hydrogens (primary N) is 1. The Bertz CT molecular complexity index is 516. The molecule has 0 amide bonds. The Labute approximate surface area is 125 Å². The number of aliphatic hydroxyl groups is 1. The zero-order valence-corrected chi connectivity index (χ0v) is 12.3. The molecule has 2 rings (SSSR count). The van der Waals surface area contributed by atoms with Gasteiger partial charge in [-0.25, -0.2) is 0 Å². The highest BCUT2D eigenvalue weighted by Crippen LogP contribution is 2.17. The average Bonchev–Trinajstić information content (AvgIpc) is 2.43. The number of hydrogen-bond acceptors (Lipinski definition) is 5. The number of nitrogens with zero attached hydrogens (tertiary/aromatic N) is 1. The highest BCUT2D eigenvalue weighted by atomic mass is 79.9. The minimum Gasteiger partial charge on any atom is -0.491 e. The Morgan fingerprint density at radius 1 is 1.15 bits per heavy atom. The summed E-state index contributed by atoms with van der Waals surface area (Å²) in [5.74, 6) is 1.20. The quantitative estimate of drug-likeness (QED) is 0.790. The van der Waals surface area contributed by atoms with Gasteiger partial charge in [-0.1, -0.05) is 6.07 Å². The molecule has 1 heterocycles. The van der Waals surface area contributed by atoms with Gasteiger partial charge in [0.1, 0.15) is 30.8 Å². The Balaban J connectivity index is 1.77. The monoisotopic (exact) mass is 338 g/mol. The van der Waals surface area contributed by atoms with E-state index < -0.39 is 6.10 Å². The number of aromatic nitrogens is 1. The van der Waals surface area contributed by atoms with E-state index in [9.17, 15) is 5.11 Å². The number of nitrogen functional groups attached to an aromatic ring is 1. The summed E-state index contributed by atoms with van der Waals surface area (Å²) in [6, 6.07) is 8.82. The van der Waals surface area contributed by atoms with E-state index in [0.29, 0.717) is 17.2 Å². The van der Waals surface area contributed by atoms with Crippen LogP contribution in [0.3, 0.4) is 0 Å². The third kappa shape index (κ3) is 4.71. The summed E-state index contributed by atoms with van der Waals surface area (Å²) in [7, 11) is 0. The Morgan fingerprint density at radius 3 is 2.60 bits per heavy atom. The third-order valence-electron chi connectivity index (χ3n) is 2.42. The lowest BCUT2D eigenvalue weighted by molar-refractivity contribution is 0.0625. The molecule has 6 heteroatoms. The average molecular weight is 339 g/mol. The fourth-order valence-electron chi connectivity index (χ4n) is 1.51. The van der Waals surface area contributed by atoms with E-state index in [4.69, 9.17) is 15.2 Å². The summed E-state index contributed by atoms with van der Waals surface area (Å²) in [5.41, 5.74) is 6.25.